The van der Waals surface area contributed by atoms with Gasteiger partial charge in [0.05, 0.1) is 16.8 Å². The number of rotatable bonds is 4. The molecule has 0 unspecified atom stereocenters. The summed E-state index contributed by atoms with van der Waals surface area (Å²) >= 11 is 0. The van der Waals surface area contributed by atoms with Crippen LogP contribution in [0.25, 0.3) is 10.9 Å². The van der Waals surface area contributed by atoms with Crippen LogP contribution < -0.4 is 0 Å². The van der Waals surface area contributed by atoms with E-state index in [1.54, 1.807) is 0 Å². The molecule has 1 amide bonds. The predicted octanol–water partition coefficient (Wildman–Crippen LogP) is 1.96. The van der Waals surface area contributed by atoms with Crippen molar-refractivity contribution in [3.63, 3.8) is 0 Å². The average molecular weight is 390 g/mol. The third-order valence-electron chi connectivity index (χ3n) is 5.28. The molecule has 0 aliphatic carbocycles. The fraction of sp³-hybridized carbons (Fsp3) is 0.500. The maximum absolute atomic E-state index is 13.3. The molecular weight excluding hydrogens is 362 g/mol. The second-order valence-electron chi connectivity index (χ2n) is 7.48. The molecule has 6 nitrogen and oxygen atoms in total. The highest BCUT2D eigenvalue weighted by molar-refractivity contribution is 7.90. The molecule has 3 rings (SSSR count). The minimum absolute atomic E-state index is 0.0383. The summed E-state index contributed by atoms with van der Waals surface area (Å²) in [5.74, 6) is 0.199. The van der Waals surface area contributed by atoms with Gasteiger partial charge in [-0.3, -0.25) is 14.7 Å². The first-order chi connectivity index (χ1) is 12.7. The van der Waals surface area contributed by atoms with E-state index in [0.29, 0.717) is 32.7 Å². The molecule has 0 bridgehead atoms. The Hall–Kier alpha value is -1.99. The first-order valence-corrected chi connectivity index (χ1v) is 11.3. The van der Waals surface area contributed by atoms with Crippen molar-refractivity contribution in [3.8, 4) is 0 Å². The Labute approximate surface area is 161 Å². The quantitative estimate of drug-likeness (QED) is 0.799. The van der Waals surface area contributed by atoms with E-state index in [4.69, 9.17) is 0 Å². The van der Waals surface area contributed by atoms with Gasteiger partial charge in [-0.25, -0.2) is 8.42 Å². The van der Waals surface area contributed by atoms with Crippen molar-refractivity contribution in [1.29, 1.82) is 0 Å². The summed E-state index contributed by atoms with van der Waals surface area (Å²) in [6.07, 6.45) is 1.26. The minimum atomic E-state index is -2.96. The van der Waals surface area contributed by atoms with Crippen LogP contribution in [0.1, 0.15) is 27.2 Å². The lowest BCUT2D eigenvalue weighted by Gasteiger charge is -2.35. The zero-order valence-corrected chi connectivity index (χ0v) is 17.3. The molecular formula is C20H27N3O3S. The Morgan fingerprint density at radius 1 is 1.11 bits per heavy atom. The Kier molecular flexibility index (Phi) is 5.53. The second-order valence-corrected chi connectivity index (χ2v) is 9.74. The van der Waals surface area contributed by atoms with Gasteiger partial charge in [-0.1, -0.05) is 11.6 Å². The van der Waals surface area contributed by atoms with Crippen molar-refractivity contribution in [2.45, 2.75) is 20.8 Å². The van der Waals surface area contributed by atoms with Gasteiger partial charge in [0, 0.05) is 50.1 Å². The number of carbonyl (C=O) groups is 1. The number of hydrogen-bond donors (Lipinski definition) is 0. The van der Waals surface area contributed by atoms with Crippen molar-refractivity contribution in [3.05, 3.63) is 40.6 Å². The van der Waals surface area contributed by atoms with Crippen molar-refractivity contribution < 1.29 is 13.2 Å². The SMILES string of the molecule is Cc1ccc2nc(C)c(C)c(C(=O)N3CCN(CCS(C)(=O)=O)CC3)c2c1. The lowest BCUT2D eigenvalue weighted by Crippen LogP contribution is -2.49. The van der Waals surface area contributed by atoms with Crippen LogP contribution in [0.3, 0.4) is 0 Å². The summed E-state index contributed by atoms with van der Waals surface area (Å²) in [6, 6.07) is 6.01. The van der Waals surface area contributed by atoms with Gasteiger partial charge in [-0.05, 0) is 38.5 Å². The Morgan fingerprint density at radius 3 is 2.41 bits per heavy atom. The number of pyridine rings is 1. The number of aromatic nitrogens is 1. The van der Waals surface area contributed by atoms with E-state index in [-0.39, 0.29) is 11.7 Å². The van der Waals surface area contributed by atoms with Gasteiger partial charge in [0.1, 0.15) is 9.84 Å². The summed E-state index contributed by atoms with van der Waals surface area (Å²) in [5, 5.41) is 0.905. The molecule has 1 aliphatic heterocycles. The number of aryl methyl sites for hydroxylation is 2. The normalized spacial score (nSPS) is 16.1. The average Bonchev–Trinajstić information content (AvgIpc) is 2.61. The molecule has 1 aromatic carbocycles. The number of sulfone groups is 1. The number of hydrogen-bond acceptors (Lipinski definition) is 5. The highest BCUT2D eigenvalue weighted by Gasteiger charge is 2.26. The smallest absolute Gasteiger partial charge is 0.254 e. The molecule has 146 valence electrons. The molecule has 2 aromatic rings. The van der Waals surface area contributed by atoms with E-state index < -0.39 is 9.84 Å². The van der Waals surface area contributed by atoms with Gasteiger partial charge < -0.3 is 4.90 Å². The largest absolute Gasteiger partial charge is 0.336 e. The molecule has 0 saturated carbocycles. The summed E-state index contributed by atoms with van der Waals surface area (Å²) < 4.78 is 22.7. The van der Waals surface area contributed by atoms with E-state index in [2.05, 4.69) is 9.88 Å². The van der Waals surface area contributed by atoms with Crippen LogP contribution >= 0.6 is 0 Å². The Morgan fingerprint density at radius 2 is 1.78 bits per heavy atom. The number of benzene rings is 1. The van der Waals surface area contributed by atoms with Crippen LogP contribution in [-0.4, -0.2) is 73.8 Å². The predicted molar refractivity (Wildman–Crippen MR) is 108 cm³/mol. The molecule has 0 radical (unpaired) electrons. The summed E-state index contributed by atoms with van der Waals surface area (Å²) in [5.41, 5.74) is 4.50. The van der Waals surface area contributed by atoms with E-state index in [1.807, 2.05) is 43.9 Å². The topological polar surface area (TPSA) is 70.6 Å². The van der Waals surface area contributed by atoms with Crippen LogP contribution in [0, 0.1) is 20.8 Å². The van der Waals surface area contributed by atoms with Gasteiger partial charge in [0.25, 0.3) is 5.91 Å². The van der Waals surface area contributed by atoms with Gasteiger partial charge in [0.2, 0.25) is 0 Å². The van der Waals surface area contributed by atoms with Crippen LogP contribution in [0.4, 0.5) is 0 Å². The number of piperazine rings is 1. The van der Waals surface area contributed by atoms with Crippen molar-refractivity contribution >= 4 is 26.6 Å². The molecule has 27 heavy (non-hydrogen) atoms. The third kappa shape index (κ3) is 4.47. The fourth-order valence-corrected chi connectivity index (χ4v) is 4.09. The zero-order valence-electron chi connectivity index (χ0n) is 16.4. The number of nitrogens with zero attached hydrogens (tertiary/aromatic N) is 3. The first kappa shape index (κ1) is 19.8. The third-order valence-corrected chi connectivity index (χ3v) is 6.20. The van der Waals surface area contributed by atoms with Gasteiger partial charge in [0.15, 0.2) is 0 Å². The molecule has 2 heterocycles. The first-order valence-electron chi connectivity index (χ1n) is 9.22. The molecule has 0 N–H and O–H groups in total. The van der Waals surface area contributed by atoms with Gasteiger partial charge >= 0.3 is 0 Å². The highest BCUT2D eigenvalue weighted by atomic mass is 32.2. The Bertz CT molecular complexity index is 978. The lowest BCUT2D eigenvalue weighted by atomic mass is 9.99. The molecule has 1 saturated heterocycles. The summed E-state index contributed by atoms with van der Waals surface area (Å²) in [4.78, 5) is 21.9. The van der Waals surface area contributed by atoms with Gasteiger partial charge in [-0.15, -0.1) is 0 Å². The van der Waals surface area contributed by atoms with Crippen molar-refractivity contribution in [1.82, 2.24) is 14.8 Å². The zero-order chi connectivity index (χ0) is 19.8. The van der Waals surface area contributed by atoms with E-state index in [1.165, 1.54) is 6.26 Å². The molecule has 1 aliphatic rings. The van der Waals surface area contributed by atoms with Gasteiger partial charge in [-0.2, -0.15) is 0 Å². The maximum Gasteiger partial charge on any atom is 0.254 e. The molecule has 7 heteroatoms. The van der Waals surface area contributed by atoms with Crippen molar-refractivity contribution in [2.75, 3.05) is 44.7 Å². The molecule has 0 spiro atoms. The standard InChI is InChI=1S/C20H27N3O3S/c1-14-5-6-18-17(13-14)19(15(2)16(3)21-18)20(24)23-9-7-22(8-10-23)11-12-27(4,25)26/h5-6,13H,7-12H2,1-4H3. The van der Waals surface area contributed by atoms with Crippen LogP contribution in [0.5, 0.6) is 0 Å². The van der Waals surface area contributed by atoms with E-state index in [9.17, 15) is 13.2 Å². The Balaban J connectivity index is 1.81. The molecule has 1 aromatic heterocycles. The van der Waals surface area contributed by atoms with Crippen LogP contribution in [0.15, 0.2) is 18.2 Å². The van der Waals surface area contributed by atoms with Crippen molar-refractivity contribution in [2.24, 2.45) is 0 Å². The maximum atomic E-state index is 13.3. The number of amides is 1. The molecule has 0 atom stereocenters. The molecule has 1 fully saturated rings. The number of carbonyl (C=O) groups excluding carboxylic acids is 1. The lowest BCUT2D eigenvalue weighted by molar-refractivity contribution is 0.0645. The van der Waals surface area contributed by atoms with E-state index in [0.717, 1.165) is 33.3 Å². The van der Waals surface area contributed by atoms with Crippen LogP contribution in [-0.2, 0) is 9.84 Å². The monoisotopic (exact) mass is 389 g/mol. The minimum Gasteiger partial charge on any atom is -0.336 e. The number of fused-ring (bicyclic) bond motifs is 1. The van der Waals surface area contributed by atoms with E-state index >= 15 is 0 Å². The summed E-state index contributed by atoms with van der Waals surface area (Å²) in [6.45, 7) is 9.05. The fourth-order valence-electron chi connectivity index (χ4n) is 3.50. The second kappa shape index (κ2) is 7.56. The summed E-state index contributed by atoms with van der Waals surface area (Å²) in [7, 11) is -2.96. The van der Waals surface area contributed by atoms with Crippen LogP contribution in [0.2, 0.25) is 0 Å². The highest BCUT2D eigenvalue weighted by Crippen LogP contribution is 2.25.